The largest absolute Gasteiger partial charge is 0.356 e. The van der Waals surface area contributed by atoms with E-state index in [2.05, 4.69) is 51.9 Å². The quantitative estimate of drug-likeness (QED) is 0.717. The van der Waals surface area contributed by atoms with Gasteiger partial charge in [-0.15, -0.1) is 0 Å². The molecule has 5 rings (SSSR count). The number of carbonyl (C=O) groups excluding carboxylic acids is 2. The van der Waals surface area contributed by atoms with Crippen LogP contribution in [0, 0.1) is 11.3 Å². The fourth-order valence-corrected chi connectivity index (χ4v) is 5.91. The third kappa shape index (κ3) is 4.98. The first-order valence-electron chi connectivity index (χ1n) is 12.6. The lowest BCUT2D eigenvalue weighted by Gasteiger charge is -2.32. The summed E-state index contributed by atoms with van der Waals surface area (Å²) in [4.78, 5) is 27.5. The molecule has 1 atom stereocenters. The summed E-state index contributed by atoms with van der Waals surface area (Å²) in [6.07, 6.45) is 7.13. The molecule has 5 heteroatoms. The SMILES string of the molecule is O=C(NCCN1CCC(Cc2ccccc2)CC1)c1ccc2c(c1)CCC1(CCNC1=O)C2. The highest BCUT2D eigenvalue weighted by atomic mass is 16.2. The topological polar surface area (TPSA) is 61.4 Å². The summed E-state index contributed by atoms with van der Waals surface area (Å²) in [5.41, 5.74) is 4.42. The van der Waals surface area contributed by atoms with E-state index in [4.69, 9.17) is 0 Å². The van der Waals surface area contributed by atoms with Crippen LogP contribution in [0.2, 0.25) is 0 Å². The predicted molar refractivity (Wildman–Crippen MR) is 130 cm³/mol. The number of aryl methyl sites for hydroxylation is 1. The van der Waals surface area contributed by atoms with Crippen LogP contribution in [-0.2, 0) is 24.1 Å². The summed E-state index contributed by atoms with van der Waals surface area (Å²) in [7, 11) is 0. The van der Waals surface area contributed by atoms with Crippen LogP contribution in [0.4, 0.5) is 0 Å². The molecule has 2 aromatic rings. The molecule has 0 aromatic heterocycles. The highest BCUT2D eigenvalue weighted by Gasteiger charge is 2.44. The molecular weight excluding hydrogens is 410 g/mol. The van der Waals surface area contributed by atoms with E-state index in [9.17, 15) is 9.59 Å². The van der Waals surface area contributed by atoms with Gasteiger partial charge in [-0.2, -0.15) is 0 Å². The van der Waals surface area contributed by atoms with Crippen molar-refractivity contribution in [3.05, 3.63) is 70.8 Å². The van der Waals surface area contributed by atoms with Crippen LogP contribution in [0.1, 0.15) is 52.7 Å². The summed E-state index contributed by atoms with van der Waals surface area (Å²) < 4.78 is 0. The second-order valence-electron chi connectivity index (χ2n) is 10.2. The first-order valence-corrected chi connectivity index (χ1v) is 12.6. The maximum Gasteiger partial charge on any atom is 0.251 e. The summed E-state index contributed by atoms with van der Waals surface area (Å²) in [5, 5.41) is 6.11. The average Bonchev–Trinajstić information content (AvgIpc) is 3.19. The Labute approximate surface area is 196 Å². The van der Waals surface area contributed by atoms with Gasteiger partial charge in [-0.05, 0) is 92.8 Å². The Morgan fingerprint density at radius 1 is 1.06 bits per heavy atom. The number of hydrogen-bond donors (Lipinski definition) is 2. The van der Waals surface area contributed by atoms with Gasteiger partial charge < -0.3 is 15.5 Å². The molecule has 2 amide bonds. The Morgan fingerprint density at radius 2 is 1.88 bits per heavy atom. The molecule has 2 aromatic carbocycles. The van der Waals surface area contributed by atoms with Crippen LogP contribution >= 0.6 is 0 Å². The third-order valence-corrected chi connectivity index (χ3v) is 8.03. The van der Waals surface area contributed by atoms with Crippen molar-refractivity contribution in [2.24, 2.45) is 11.3 Å². The number of rotatable bonds is 6. The fraction of sp³-hybridized carbons (Fsp3) is 0.500. The number of nitrogens with one attached hydrogen (secondary N) is 2. The number of nitrogens with zero attached hydrogens (tertiary/aromatic N) is 1. The Bertz CT molecular complexity index is 997. The first-order chi connectivity index (χ1) is 16.1. The number of fused-ring (bicyclic) bond motifs is 1. The number of likely N-dealkylation sites (tertiary alicyclic amines) is 1. The molecule has 1 unspecified atom stereocenters. The minimum absolute atomic E-state index is 0.00987. The molecule has 0 radical (unpaired) electrons. The van der Waals surface area contributed by atoms with Gasteiger partial charge in [0.25, 0.3) is 5.91 Å². The first kappa shape index (κ1) is 22.1. The Kier molecular flexibility index (Phi) is 6.50. The van der Waals surface area contributed by atoms with Crippen LogP contribution in [-0.4, -0.2) is 49.4 Å². The lowest BCUT2D eigenvalue weighted by molar-refractivity contribution is -0.128. The van der Waals surface area contributed by atoms with Crippen LogP contribution in [0.25, 0.3) is 0 Å². The average molecular weight is 446 g/mol. The monoisotopic (exact) mass is 445 g/mol. The van der Waals surface area contributed by atoms with Crippen molar-refractivity contribution in [1.29, 1.82) is 0 Å². The van der Waals surface area contributed by atoms with Gasteiger partial charge in [0.05, 0.1) is 5.41 Å². The van der Waals surface area contributed by atoms with Gasteiger partial charge in [0, 0.05) is 25.2 Å². The molecule has 2 fully saturated rings. The number of hydrogen-bond acceptors (Lipinski definition) is 3. The lowest BCUT2D eigenvalue weighted by atomic mass is 9.70. The molecule has 174 valence electrons. The predicted octanol–water partition coefficient (Wildman–Crippen LogP) is 3.37. The fourth-order valence-electron chi connectivity index (χ4n) is 5.91. The molecule has 1 aliphatic carbocycles. The molecule has 0 bridgehead atoms. The lowest BCUT2D eigenvalue weighted by Crippen LogP contribution is -2.40. The van der Waals surface area contributed by atoms with Crippen LogP contribution in [0.3, 0.4) is 0 Å². The van der Waals surface area contributed by atoms with E-state index < -0.39 is 0 Å². The van der Waals surface area contributed by atoms with E-state index in [1.807, 2.05) is 12.1 Å². The zero-order valence-electron chi connectivity index (χ0n) is 19.4. The maximum atomic E-state index is 12.7. The van der Waals surface area contributed by atoms with Crippen molar-refractivity contribution in [2.75, 3.05) is 32.7 Å². The summed E-state index contributed by atoms with van der Waals surface area (Å²) in [6, 6.07) is 16.8. The maximum absolute atomic E-state index is 12.7. The van der Waals surface area contributed by atoms with Crippen molar-refractivity contribution in [2.45, 2.75) is 44.9 Å². The van der Waals surface area contributed by atoms with E-state index in [0.717, 1.165) is 63.3 Å². The van der Waals surface area contributed by atoms with Gasteiger partial charge in [-0.25, -0.2) is 0 Å². The van der Waals surface area contributed by atoms with E-state index in [1.165, 1.54) is 36.0 Å². The Hall–Kier alpha value is -2.66. The number of benzene rings is 2. The van der Waals surface area contributed by atoms with E-state index in [1.54, 1.807) is 0 Å². The molecule has 2 saturated heterocycles. The van der Waals surface area contributed by atoms with Crippen LogP contribution in [0.15, 0.2) is 48.5 Å². The Morgan fingerprint density at radius 3 is 2.64 bits per heavy atom. The zero-order chi connectivity index (χ0) is 22.7. The minimum Gasteiger partial charge on any atom is -0.356 e. The normalized spacial score (nSPS) is 23.3. The van der Waals surface area contributed by atoms with Crippen LogP contribution in [0.5, 0.6) is 0 Å². The standard InChI is InChI=1S/C28H35N3O2/c32-26(24-6-7-25-20-28(11-8-23(25)19-24)12-13-30-27(28)33)29-14-17-31-15-9-22(10-16-31)18-21-4-2-1-3-5-21/h1-7,19,22H,8-18,20H2,(H,29,32)(H,30,33). The molecular formula is C28H35N3O2. The van der Waals surface area contributed by atoms with Crippen LogP contribution < -0.4 is 10.6 Å². The third-order valence-electron chi connectivity index (χ3n) is 8.03. The van der Waals surface area contributed by atoms with Crippen molar-refractivity contribution >= 4 is 11.8 Å². The molecule has 2 N–H and O–H groups in total. The summed E-state index contributed by atoms with van der Waals surface area (Å²) >= 11 is 0. The second-order valence-corrected chi connectivity index (χ2v) is 10.2. The minimum atomic E-state index is -0.217. The van der Waals surface area contributed by atoms with Gasteiger partial charge in [0.15, 0.2) is 0 Å². The van der Waals surface area contributed by atoms with Gasteiger partial charge in [-0.1, -0.05) is 36.4 Å². The van der Waals surface area contributed by atoms with E-state index >= 15 is 0 Å². The van der Waals surface area contributed by atoms with Crippen molar-refractivity contribution in [1.82, 2.24) is 15.5 Å². The van der Waals surface area contributed by atoms with Gasteiger partial charge >= 0.3 is 0 Å². The van der Waals surface area contributed by atoms with Gasteiger partial charge in [0.1, 0.15) is 0 Å². The summed E-state index contributed by atoms with van der Waals surface area (Å²) in [6.45, 7) is 4.61. The molecule has 2 heterocycles. The van der Waals surface area contributed by atoms with Crippen molar-refractivity contribution in [3.63, 3.8) is 0 Å². The number of piperidine rings is 1. The van der Waals surface area contributed by atoms with Crippen molar-refractivity contribution < 1.29 is 9.59 Å². The Balaban J connectivity index is 1.07. The summed E-state index contributed by atoms with van der Waals surface area (Å²) in [5.74, 6) is 0.984. The van der Waals surface area contributed by atoms with Crippen molar-refractivity contribution in [3.8, 4) is 0 Å². The second kappa shape index (κ2) is 9.68. The zero-order valence-corrected chi connectivity index (χ0v) is 19.4. The number of carbonyl (C=O) groups is 2. The van der Waals surface area contributed by atoms with E-state index in [-0.39, 0.29) is 17.2 Å². The molecule has 1 spiro atoms. The molecule has 0 saturated carbocycles. The highest BCUT2D eigenvalue weighted by Crippen LogP contribution is 2.41. The van der Waals surface area contributed by atoms with E-state index in [0.29, 0.717) is 6.54 Å². The molecule has 33 heavy (non-hydrogen) atoms. The molecule has 5 nitrogen and oxygen atoms in total. The van der Waals surface area contributed by atoms with Gasteiger partial charge in [0.2, 0.25) is 5.91 Å². The molecule has 3 aliphatic rings. The smallest absolute Gasteiger partial charge is 0.251 e. The molecule has 2 aliphatic heterocycles. The number of amides is 2. The van der Waals surface area contributed by atoms with Gasteiger partial charge in [-0.3, -0.25) is 9.59 Å². The highest BCUT2D eigenvalue weighted by molar-refractivity contribution is 5.94.